The molecule has 0 N–H and O–H groups in total. The molecular weight excluding hydrogens is 188 g/mol. The number of rotatable bonds is 7. The van der Waals surface area contributed by atoms with Gasteiger partial charge in [0.1, 0.15) is 6.10 Å². The van der Waals surface area contributed by atoms with E-state index in [9.17, 15) is 4.79 Å². The van der Waals surface area contributed by atoms with E-state index in [2.05, 4.69) is 34.3 Å². The minimum atomic E-state index is -0.302. The van der Waals surface area contributed by atoms with Gasteiger partial charge in [0.05, 0.1) is 0 Å². The average molecular weight is 212 g/mol. The van der Waals surface area contributed by atoms with Gasteiger partial charge in [-0.25, -0.2) is 4.79 Å². The van der Waals surface area contributed by atoms with Gasteiger partial charge < -0.3 is 4.74 Å². The molecule has 0 aromatic heterocycles. The van der Waals surface area contributed by atoms with Crippen molar-refractivity contribution in [1.29, 1.82) is 0 Å². The van der Waals surface area contributed by atoms with Crippen molar-refractivity contribution in [2.75, 3.05) is 0 Å². The molecule has 0 rings (SSSR count). The second-order valence-electron chi connectivity index (χ2n) is 4.64. The number of carbonyl (C=O) groups is 1. The minimum absolute atomic E-state index is 0.0467. The highest BCUT2D eigenvalue weighted by Gasteiger charge is 2.17. The first-order valence-electron chi connectivity index (χ1n) is 5.82. The SMILES string of the molecule is C=CC(=O)OC(CC(C)C)CC(C)CC. The van der Waals surface area contributed by atoms with Crippen molar-refractivity contribution < 1.29 is 9.53 Å². The number of ether oxygens (including phenoxy) is 1. The van der Waals surface area contributed by atoms with E-state index in [1.807, 2.05) is 0 Å². The van der Waals surface area contributed by atoms with Gasteiger partial charge >= 0.3 is 5.97 Å². The van der Waals surface area contributed by atoms with Crippen molar-refractivity contribution in [1.82, 2.24) is 0 Å². The molecule has 0 aromatic carbocycles. The van der Waals surface area contributed by atoms with Crippen LogP contribution in [0, 0.1) is 11.8 Å². The van der Waals surface area contributed by atoms with Crippen molar-refractivity contribution in [2.24, 2.45) is 11.8 Å². The molecule has 0 bridgehead atoms. The second kappa shape index (κ2) is 7.49. The first-order chi connectivity index (χ1) is 6.99. The average Bonchev–Trinajstić information content (AvgIpc) is 2.16. The molecule has 0 heterocycles. The molecular formula is C13H24O2. The topological polar surface area (TPSA) is 26.3 Å². The molecule has 0 aromatic rings. The lowest BCUT2D eigenvalue weighted by molar-refractivity contribution is -0.144. The highest BCUT2D eigenvalue weighted by molar-refractivity contribution is 5.81. The van der Waals surface area contributed by atoms with Crippen molar-refractivity contribution in [3.05, 3.63) is 12.7 Å². The van der Waals surface area contributed by atoms with Gasteiger partial charge in [0.25, 0.3) is 0 Å². The number of esters is 1. The van der Waals surface area contributed by atoms with Crippen LogP contribution < -0.4 is 0 Å². The Morgan fingerprint density at radius 1 is 1.33 bits per heavy atom. The maximum atomic E-state index is 11.1. The van der Waals surface area contributed by atoms with Gasteiger partial charge in [-0.15, -0.1) is 0 Å². The lowest BCUT2D eigenvalue weighted by atomic mass is 9.95. The molecule has 0 spiro atoms. The van der Waals surface area contributed by atoms with Crippen LogP contribution in [0.5, 0.6) is 0 Å². The Morgan fingerprint density at radius 3 is 2.33 bits per heavy atom. The Labute approximate surface area is 93.7 Å². The predicted molar refractivity (Wildman–Crippen MR) is 63.6 cm³/mol. The fraction of sp³-hybridized carbons (Fsp3) is 0.769. The Balaban J connectivity index is 4.17. The minimum Gasteiger partial charge on any atom is -0.459 e. The first-order valence-corrected chi connectivity index (χ1v) is 5.82. The Morgan fingerprint density at radius 2 is 1.93 bits per heavy atom. The van der Waals surface area contributed by atoms with Crippen molar-refractivity contribution in [3.8, 4) is 0 Å². The molecule has 2 unspecified atom stereocenters. The molecule has 2 nitrogen and oxygen atoms in total. The lowest BCUT2D eigenvalue weighted by Gasteiger charge is -2.21. The van der Waals surface area contributed by atoms with Crippen LogP contribution in [-0.4, -0.2) is 12.1 Å². The molecule has 0 saturated heterocycles. The zero-order valence-electron chi connectivity index (χ0n) is 10.5. The van der Waals surface area contributed by atoms with Gasteiger partial charge in [-0.3, -0.25) is 0 Å². The molecule has 0 radical (unpaired) electrons. The smallest absolute Gasteiger partial charge is 0.330 e. The van der Waals surface area contributed by atoms with Crippen LogP contribution in [0.4, 0.5) is 0 Å². The summed E-state index contributed by atoms with van der Waals surface area (Å²) < 4.78 is 5.33. The van der Waals surface area contributed by atoms with E-state index in [0.717, 1.165) is 19.3 Å². The third kappa shape index (κ3) is 7.18. The highest BCUT2D eigenvalue weighted by atomic mass is 16.5. The maximum absolute atomic E-state index is 11.1. The van der Waals surface area contributed by atoms with Crippen molar-refractivity contribution in [3.63, 3.8) is 0 Å². The Kier molecular flexibility index (Phi) is 7.10. The summed E-state index contributed by atoms with van der Waals surface area (Å²) >= 11 is 0. The van der Waals surface area contributed by atoms with E-state index in [1.165, 1.54) is 6.08 Å². The van der Waals surface area contributed by atoms with Gasteiger partial charge in [-0.05, 0) is 24.7 Å². The van der Waals surface area contributed by atoms with Gasteiger partial charge in [-0.2, -0.15) is 0 Å². The molecule has 0 aliphatic rings. The summed E-state index contributed by atoms with van der Waals surface area (Å²) in [6.45, 7) is 12.1. The predicted octanol–water partition coefficient (Wildman–Crippen LogP) is 3.57. The molecule has 0 aliphatic carbocycles. The van der Waals surface area contributed by atoms with Crippen LogP contribution >= 0.6 is 0 Å². The van der Waals surface area contributed by atoms with Crippen LogP contribution in [0.3, 0.4) is 0 Å². The third-order valence-corrected chi connectivity index (χ3v) is 2.55. The zero-order chi connectivity index (χ0) is 11.8. The zero-order valence-corrected chi connectivity index (χ0v) is 10.5. The fourth-order valence-corrected chi connectivity index (χ4v) is 1.55. The van der Waals surface area contributed by atoms with E-state index in [-0.39, 0.29) is 12.1 Å². The lowest BCUT2D eigenvalue weighted by Crippen LogP contribution is -2.21. The monoisotopic (exact) mass is 212 g/mol. The number of hydrogen-bond donors (Lipinski definition) is 0. The van der Waals surface area contributed by atoms with E-state index in [1.54, 1.807) is 0 Å². The van der Waals surface area contributed by atoms with Crippen LogP contribution in [-0.2, 0) is 9.53 Å². The first kappa shape index (κ1) is 14.2. The summed E-state index contributed by atoms with van der Waals surface area (Å²) in [5.74, 6) is 0.854. The molecule has 2 heteroatoms. The fourth-order valence-electron chi connectivity index (χ4n) is 1.55. The molecule has 0 saturated carbocycles. The van der Waals surface area contributed by atoms with E-state index < -0.39 is 0 Å². The van der Waals surface area contributed by atoms with Gasteiger partial charge in [0, 0.05) is 6.08 Å². The summed E-state index contributed by atoms with van der Waals surface area (Å²) in [5, 5.41) is 0. The second-order valence-corrected chi connectivity index (χ2v) is 4.64. The van der Waals surface area contributed by atoms with Crippen LogP contribution in [0.1, 0.15) is 47.0 Å². The van der Waals surface area contributed by atoms with E-state index in [4.69, 9.17) is 4.74 Å². The molecule has 88 valence electrons. The molecule has 0 aliphatic heterocycles. The Hall–Kier alpha value is -0.790. The molecule has 0 fully saturated rings. The normalized spacial score (nSPS) is 14.7. The van der Waals surface area contributed by atoms with Gasteiger partial charge in [0.2, 0.25) is 0 Å². The summed E-state index contributed by atoms with van der Waals surface area (Å²) in [4.78, 5) is 11.1. The van der Waals surface area contributed by atoms with Crippen molar-refractivity contribution >= 4 is 5.97 Å². The van der Waals surface area contributed by atoms with Crippen LogP contribution in [0.15, 0.2) is 12.7 Å². The summed E-state index contributed by atoms with van der Waals surface area (Å²) in [6.07, 6.45) is 4.30. The maximum Gasteiger partial charge on any atom is 0.330 e. The van der Waals surface area contributed by atoms with Crippen LogP contribution in [0.2, 0.25) is 0 Å². The van der Waals surface area contributed by atoms with Crippen molar-refractivity contribution in [2.45, 2.75) is 53.1 Å². The largest absolute Gasteiger partial charge is 0.459 e. The Bertz CT molecular complexity index is 197. The standard InChI is InChI=1S/C13H24O2/c1-6-11(5)9-12(8-10(3)4)15-13(14)7-2/h7,10-12H,2,6,8-9H2,1,3-5H3. The summed E-state index contributed by atoms with van der Waals surface area (Å²) in [7, 11) is 0. The van der Waals surface area contributed by atoms with Crippen LogP contribution in [0.25, 0.3) is 0 Å². The molecule has 0 amide bonds. The van der Waals surface area contributed by atoms with Gasteiger partial charge in [-0.1, -0.05) is 40.7 Å². The van der Waals surface area contributed by atoms with E-state index in [0.29, 0.717) is 11.8 Å². The molecule has 15 heavy (non-hydrogen) atoms. The highest BCUT2D eigenvalue weighted by Crippen LogP contribution is 2.18. The van der Waals surface area contributed by atoms with Gasteiger partial charge in [0.15, 0.2) is 0 Å². The third-order valence-electron chi connectivity index (χ3n) is 2.55. The summed E-state index contributed by atoms with van der Waals surface area (Å²) in [6, 6.07) is 0. The van der Waals surface area contributed by atoms with E-state index >= 15 is 0 Å². The number of hydrogen-bond acceptors (Lipinski definition) is 2. The quantitative estimate of drug-likeness (QED) is 0.476. The molecule has 2 atom stereocenters. The summed E-state index contributed by atoms with van der Waals surface area (Å²) in [5.41, 5.74) is 0. The number of carbonyl (C=O) groups excluding carboxylic acids is 1.